The van der Waals surface area contributed by atoms with Crippen molar-refractivity contribution in [2.24, 2.45) is 0 Å². The second-order valence-electron chi connectivity index (χ2n) is 9.80. The Morgan fingerprint density at radius 2 is 1.70 bits per heavy atom. The van der Waals surface area contributed by atoms with E-state index in [2.05, 4.69) is 15.6 Å². The van der Waals surface area contributed by atoms with Crippen LogP contribution >= 0.6 is 11.3 Å². The average molecular weight is 601 g/mol. The fourth-order valence-electron chi connectivity index (χ4n) is 4.78. The summed E-state index contributed by atoms with van der Waals surface area (Å²) in [5.74, 6) is 0.351. The van der Waals surface area contributed by atoms with Crippen LogP contribution in [0.3, 0.4) is 0 Å². The van der Waals surface area contributed by atoms with Gasteiger partial charge in [0.05, 0.1) is 20.3 Å². The molecule has 0 aliphatic carbocycles. The molecular weight excluding hydrogens is 568 g/mol. The van der Waals surface area contributed by atoms with E-state index in [1.54, 1.807) is 61.6 Å². The maximum Gasteiger partial charge on any atom is 0.410 e. The molecule has 1 saturated heterocycles. The van der Waals surface area contributed by atoms with E-state index in [9.17, 15) is 14.4 Å². The maximum absolute atomic E-state index is 13.5. The van der Waals surface area contributed by atoms with E-state index in [0.717, 1.165) is 17.5 Å². The van der Waals surface area contributed by atoms with E-state index in [-0.39, 0.29) is 30.8 Å². The quantitative estimate of drug-likeness (QED) is 0.236. The summed E-state index contributed by atoms with van der Waals surface area (Å²) >= 11 is 1.18. The first-order valence-electron chi connectivity index (χ1n) is 13.8. The number of rotatable bonds is 10. The van der Waals surface area contributed by atoms with E-state index in [0.29, 0.717) is 40.0 Å². The summed E-state index contributed by atoms with van der Waals surface area (Å²) in [6, 6.07) is 23.1. The van der Waals surface area contributed by atoms with Gasteiger partial charge in [-0.2, -0.15) is 0 Å². The van der Waals surface area contributed by atoms with Crippen LogP contribution in [-0.4, -0.2) is 48.6 Å². The highest BCUT2D eigenvalue weighted by Gasteiger charge is 2.35. The lowest BCUT2D eigenvalue weighted by Crippen LogP contribution is -2.31. The van der Waals surface area contributed by atoms with Gasteiger partial charge in [-0.3, -0.25) is 14.5 Å². The number of methoxy groups -OCH3 is 2. The summed E-state index contributed by atoms with van der Waals surface area (Å²) in [6.07, 6.45) is 0.966. The third-order valence-electron chi connectivity index (χ3n) is 7.03. The van der Waals surface area contributed by atoms with Gasteiger partial charge in [-0.25, -0.2) is 9.78 Å². The largest absolute Gasteiger partial charge is 0.497 e. The monoisotopic (exact) mass is 600 g/mol. The Balaban J connectivity index is 1.37. The lowest BCUT2D eigenvalue weighted by atomic mass is 10.2. The second-order valence-corrected chi connectivity index (χ2v) is 10.8. The van der Waals surface area contributed by atoms with E-state index < -0.39 is 12.0 Å². The SMILES string of the molecule is COc1ccc(CNC(=O)c2nc([C@H]3CCCN3C(=O)OCc3ccccc3)sc2NC(=O)c2ccccc2)c(OC)c1. The summed E-state index contributed by atoms with van der Waals surface area (Å²) in [4.78, 5) is 45.9. The van der Waals surface area contributed by atoms with Gasteiger partial charge in [0.25, 0.3) is 11.8 Å². The third-order valence-corrected chi connectivity index (χ3v) is 8.11. The molecule has 0 spiro atoms. The minimum atomic E-state index is -0.472. The number of carbonyl (C=O) groups excluding carboxylic acids is 3. The van der Waals surface area contributed by atoms with Crippen molar-refractivity contribution in [1.29, 1.82) is 0 Å². The molecule has 1 atom stereocenters. The number of thiazole rings is 1. The van der Waals surface area contributed by atoms with Crippen LogP contribution in [0.2, 0.25) is 0 Å². The summed E-state index contributed by atoms with van der Waals surface area (Å²) in [6.45, 7) is 0.816. The summed E-state index contributed by atoms with van der Waals surface area (Å²) in [5.41, 5.74) is 2.14. The number of amides is 3. The van der Waals surface area contributed by atoms with E-state index in [4.69, 9.17) is 14.2 Å². The van der Waals surface area contributed by atoms with Crippen LogP contribution in [0.1, 0.15) is 55.9 Å². The number of hydrogen-bond donors (Lipinski definition) is 2. The lowest BCUT2D eigenvalue weighted by Gasteiger charge is -2.22. The molecule has 0 bridgehead atoms. The zero-order valence-electron chi connectivity index (χ0n) is 23.9. The first kappa shape index (κ1) is 29.6. The summed E-state index contributed by atoms with van der Waals surface area (Å²) in [7, 11) is 3.11. The molecule has 0 saturated carbocycles. The van der Waals surface area contributed by atoms with Gasteiger partial charge in [0, 0.05) is 30.3 Å². The second kappa shape index (κ2) is 13.8. The first-order chi connectivity index (χ1) is 21.0. The predicted octanol–water partition coefficient (Wildman–Crippen LogP) is 5.82. The van der Waals surface area contributed by atoms with Crippen LogP contribution in [-0.2, 0) is 17.9 Å². The van der Waals surface area contributed by atoms with Crippen LogP contribution in [0.15, 0.2) is 78.9 Å². The zero-order valence-corrected chi connectivity index (χ0v) is 24.7. The number of likely N-dealkylation sites (tertiary alicyclic amines) is 1. The molecule has 5 rings (SSSR count). The Labute approximate surface area is 253 Å². The minimum Gasteiger partial charge on any atom is -0.497 e. The van der Waals surface area contributed by atoms with Crippen LogP contribution in [0.5, 0.6) is 11.5 Å². The van der Waals surface area contributed by atoms with Gasteiger partial charge in [0.1, 0.15) is 28.1 Å². The molecule has 3 amide bonds. The van der Waals surface area contributed by atoms with Crippen LogP contribution in [0.25, 0.3) is 0 Å². The molecule has 4 aromatic rings. The highest BCUT2D eigenvalue weighted by molar-refractivity contribution is 7.16. The minimum absolute atomic E-state index is 0.0706. The fourth-order valence-corrected chi connectivity index (χ4v) is 5.89. The van der Waals surface area contributed by atoms with E-state index >= 15 is 0 Å². The van der Waals surface area contributed by atoms with Gasteiger partial charge in [-0.05, 0) is 42.7 Å². The molecule has 0 radical (unpaired) electrons. The first-order valence-corrected chi connectivity index (χ1v) is 14.6. The Morgan fingerprint density at radius 1 is 0.953 bits per heavy atom. The van der Waals surface area contributed by atoms with Gasteiger partial charge in [-0.1, -0.05) is 59.9 Å². The summed E-state index contributed by atoms with van der Waals surface area (Å²) < 4.78 is 16.3. The van der Waals surface area contributed by atoms with Gasteiger partial charge in [0.15, 0.2) is 5.69 Å². The topological polar surface area (TPSA) is 119 Å². The Morgan fingerprint density at radius 3 is 2.42 bits per heavy atom. The molecule has 10 nitrogen and oxygen atoms in total. The molecule has 0 unspecified atom stereocenters. The molecule has 11 heteroatoms. The molecule has 2 N–H and O–H groups in total. The van der Waals surface area contributed by atoms with Gasteiger partial charge < -0.3 is 24.8 Å². The van der Waals surface area contributed by atoms with Crippen LogP contribution in [0.4, 0.5) is 9.80 Å². The van der Waals surface area contributed by atoms with Crippen molar-refractivity contribution in [3.05, 3.63) is 106 Å². The number of benzene rings is 3. The van der Waals surface area contributed by atoms with Crippen molar-refractivity contribution >= 4 is 34.2 Å². The van der Waals surface area contributed by atoms with Crippen molar-refractivity contribution in [2.75, 3.05) is 26.1 Å². The van der Waals surface area contributed by atoms with Crippen molar-refractivity contribution < 1.29 is 28.6 Å². The van der Waals surface area contributed by atoms with Crippen molar-refractivity contribution in [3.63, 3.8) is 0 Å². The number of nitrogens with one attached hydrogen (secondary N) is 2. The third kappa shape index (κ3) is 7.12. The number of carbonyl (C=O) groups is 3. The van der Waals surface area contributed by atoms with Crippen molar-refractivity contribution in [1.82, 2.24) is 15.2 Å². The number of ether oxygens (including phenoxy) is 3. The smallest absolute Gasteiger partial charge is 0.410 e. The molecule has 1 aromatic heterocycles. The molecular formula is C32H32N4O6S. The van der Waals surface area contributed by atoms with Gasteiger partial charge in [0.2, 0.25) is 0 Å². The highest BCUT2D eigenvalue weighted by atomic mass is 32.1. The van der Waals surface area contributed by atoms with Gasteiger partial charge >= 0.3 is 6.09 Å². The number of nitrogens with zero attached hydrogens (tertiary/aromatic N) is 2. The Hall–Kier alpha value is -4.90. The average Bonchev–Trinajstić information content (AvgIpc) is 3.71. The molecule has 1 aliphatic rings. The fraction of sp³-hybridized carbons (Fsp3) is 0.250. The van der Waals surface area contributed by atoms with Crippen LogP contribution < -0.4 is 20.1 Å². The normalized spacial score (nSPS) is 14.2. The molecule has 1 aliphatic heterocycles. The van der Waals surface area contributed by atoms with E-state index in [1.807, 2.05) is 36.4 Å². The maximum atomic E-state index is 13.5. The van der Waals surface area contributed by atoms with Crippen molar-refractivity contribution in [3.8, 4) is 11.5 Å². The number of aromatic nitrogens is 1. The van der Waals surface area contributed by atoms with Crippen LogP contribution in [0, 0.1) is 0 Å². The Kier molecular flexibility index (Phi) is 9.52. The van der Waals surface area contributed by atoms with Crippen molar-refractivity contribution in [2.45, 2.75) is 32.0 Å². The molecule has 43 heavy (non-hydrogen) atoms. The molecule has 3 aromatic carbocycles. The number of hydrogen-bond acceptors (Lipinski definition) is 8. The number of anilines is 1. The zero-order chi connectivity index (χ0) is 30.2. The summed E-state index contributed by atoms with van der Waals surface area (Å²) in [5, 5.41) is 6.59. The molecule has 2 heterocycles. The van der Waals surface area contributed by atoms with Gasteiger partial charge in [-0.15, -0.1) is 0 Å². The molecule has 222 valence electrons. The highest BCUT2D eigenvalue weighted by Crippen LogP contribution is 2.38. The van der Waals surface area contributed by atoms with E-state index in [1.165, 1.54) is 11.3 Å². The molecule has 1 fully saturated rings. The predicted molar refractivity (Wildman–Crippen MR) is 163 cm³/mol. The lowest BCUT2D eigenvalue weighted by molar-refractivity contribution is 0.0919. The Bertz CT molecular complexity index is 1580. The standard InChI is InChI=1S/C32H32N4O6S/c1-40-24-16-15-23(26(18-24)41-2)19-33-29(38)27-31(35-28(37)22-12-7-4-8-13-22)43-30(34-27)25-14-9-17-36(25)32(39)42-20-21-10-5-3-6-11-21/h3-8,10-13,15-16,18,25H,9,14,17,19-20H2,1-2H3,(H,33,38)(H,35,37)/t25-/m1/s1.